The van der Waals surface area contributed by atoms with Crippen molar-refractivity contribution in [2.45, 2.75) is 63.4 Å². The molecular weight excluding hydrogens is 545 g/mol. The fraction of sp³-hybridized carbons (Fsp3) is 0.583. The first-order chi connectivity index (χ1) is 18.2. The highest BCUT2D eigenvalue weighted by Crippen LogP contribution is 2.41. The van der Waals surface area contributed by atoms with Gasteiger partial charge in [0.15, 0.2) is 12.0 Å². The van der Waals surface area contributed by atoms with Crippen molar-refractivity contribution >= 4 is 22.3 Å². The van der Waals surface area contributed by atoms with Crippen LogP contribution < -0.4 is 16.0 Å². The summed E-state index contributed by atoms with van der Waals surface area (Å²) in [5, 5.41) is 8.75. The number of aliphatic imine (C=N–C) groups is 2. The Bertz CT molecular complexity index is 1260. The van der Waals surface area contributed by atoms with E-state index in [1.54, 1.807) is 6.07 Å². The van der Waals surface area contributed by atoms with Crippen LogP contribution in [0.25, 0.3) is 0 Å². The molecule has 3 aliphatic heterocycles. The Balaban J connectivity index is 1.76. The zero-order chi connectivity index (χ0) is 28.6. The lowest BCUT2D eigenvalue weighted by Crippen LogP contribution is -2.59. The van der Waals surface area contributed by atoms with Crippen LogP contribution in [0.4, 0.5) is 22.0 Å². The van der Waals surface area contributed by atoms with Gasteiger partial charge in [-0.15, -0.1) is 0 Å². The molecule has 0 saturated carbocycles. The van der Waals surface area contributed by atoms with Crippen molar-refractivity contribution in [3.05, 3.63) is 46.9 Å². The van der Waals surface area contributed by atoms with E-state index in [4.69, 9.17) is 0 Å². The largest absolute Gasteiger partial charge is 0.419 e. The standard InChI is InChI=1S/C24H32F5N7O2S/c1-15(2)30-11-16-5-4-6-19(25)20(16)23(14-32-21(26)34-23)36-13-17(24(27,28)29)12-31-22(36)33-18-7-9-35(10-8-18)39(3,37)38/h4-6,12-13,15,18,22,30,33H,7-11,14H2,1-3H3,(H,32,34). The lowest BCUT2D eigenvalue weighted by Gasteiger charge is -2.45. The van der Waals surface area contributed by atoms with Gasteiger partial charge in [0.25, 0.3) is 6.09 Å². The van der Waals surface area contributed by atoms with Gasteiger partial charge in [0.05, 0.1) is 18.4 Å². The SMILES string of the molecule is CC(C)NCc1cccc(F)c1C1(N2C=C(C(F)(F)F)C=NC2NC2CCN(S(C)(=O)=O)CC2)CNC(F)=N1. The lowest BCUT2D eigenvalue weighted by molar-refractivity contribution is -0.0886. The van der Waals surface area contributed by atoms with Crippen LogP contribution in [0.1, 0.15) is 37.8 Å². The molecule has 3 N–H and O–H groups in total. The summed E-state index contributed by atoms with van der Waals surface area (Å²) in [6.45, 7) is 4.02. The molecule has 9 nitrogen and oxygen atoms in total. The van der Waals surface area contributed by atoms with E-state index in [0.717, 1.165) is 23.4 Å². The van der Waals surface area contributed by atoms with E-state index >= 15 is 4.39 Å². The van der Waals surface area contributed by atoms with Gasteiger partial charge in [0.2, 0.25) is 10.0 Å². The fourth-order valence-electron chi connectivity index (χ4n) is 4.96. The molecule has 216 valence electrons. The van der Waals surface area contributed by atoms with E-state index in [0.29, 0.717) is 24.6 Å². The van der Waals surface area contributed by atoms with E-state index in [9.17, 15) is 26.0 Å². The average Bonchev–Trinajstić information content (AvgIpc) is 3.24. The van der Waals surface area contributed by atoms with Crippen LogP contribution in [0, 0.1) is 5.82 Å². The topological polar surface area (TPSA) is 101 Å². The number of rotatable bonds is 8. The third kappa shape index (κ3) is 6.42. The number of nitrogens with zero attached hydrogens (tertiary/aromatic N) is 4. The summed E-state index contributed by atoms with van der Waals surface area (Å²) in [5.41, 5.74) is -2.72. The molecule has 0 bridgehead atoms. The number of piperidine rings is 1. The van der Waals surface area contributed by atoms with E-state index in [2.05, 4.69) is 25.9 Å². The Kier molecular flexibility index (Phi) is 8.36. The highest BCUT2D eigenvalue weighted by molar-refractivity contribution is 7.88. The second-order valence-corrected chi connectivity index (χ2v) is 12.1. The third-order valence-corrected chi connectivity index (χ3v) is 8.23. The second-order valence-electron chi connectivity index (χ2n) is 10.1. The van der Waals surface area contributed by atoms with Crippen LogP contribution in [0.2, 0.25) is 0 Å². The van der Waals surface area contributed by atoms with Gasteiger partial charge in [-0.1, -0.05) is 26.0 Å². The van der Waals surface area contributed by atoms with Crippen molar-refractivity contribution < 1.29 is 30.4 Å². The van der Waals surface area contributed by atoms with Crippen LogP contribution >= 0.6 is 0 Å². The fourth-order valence-corrected chi connectivity index (χ4v) is 5.83. The Morgan fingerprint density at radius 2 is 1.90 bits per heavy atom. The Labute approximate surface area is 224 Å². The average molecular weight is 578 g/mol. The molecule has 0 amide bonds. The Hall–Kier alpha value is -2.62. The normalized spacial score (nSPS) is 25.2. The van der Waals surface area contributed by atoms with Gasteiger partial charge in [0, 0.05) is 49.7 Å². The van der Waals surface area contributed by atoms with E-state index in [1.165, 1.54) is 10.4 Å². The maximum absolute atomic E-state index is 15.6. The van der Waals surface area contributed by atoms with Gasteiger partial charge < -0.3 is 15.5 Å². The first-order valence-electron chi connectivity index (χ1n) is 12.5. The zero-order valence-electron chi connectivity index (χ0n) is 21.8. The number of allylic oxidation sites excluding steroid dienone is 1. The van der Waals surface area contributed by atoms with Gasteiger partial charge in [-0.05, 0) is 24.5 Å². The molecule has 1 aromatic carbocycles. The molecule has 1 aromatic rings. The van der Waals surface area contributed by atoms with Crippen LogP contribution in [0.15, 0.2) is 40.0 Å². The number of benzene rings is 1. The van der Waals surface area contributed by atoms with Crippen LogP contribution in [0.5, 0.6) is 0 Å². The minimum Gasteiger partial charge on any atom is -0.342 e. The molecule has 3 aliphatic rings. The summed E-state index contributed by atoms with van der Waals surface area (Å²) < 4.78 is 96.8. The molecular formula is C24H32F5N7O2S. The van der Waals surface area contributed by atoms with Gasteiger partial charge in [-0.2, -0.15) is 17.6 Å². The quantitative estimate of drug-likeness (QED) is 0.325. The Morgan fingerprint density at radius 3 is 2.46 bits per heavy atom. The van der Waals surface area contributed by atoms with Crippen molar-refractivity contribution in [3.8, 4) is 0 Å². The van der Waals surface area contributed by atoms with Crippen LogP contribution in [-0.2, 0) is 22.2 Å². The van der Waals surface area contributed by atoms with Crippen molar-refractivity contribution in [3.63, 3.8) is 0 Å². The van der Waals surface area contributed by atoms with E-state index < -0.39 is 45.6 Å². The van der Waals surface area contributed by atoms with E-state index in [1.807, 2.05) is 13.8 Å². The molecule has 0 radical (unpaired) electrons. The predicted octanol–water partition coefficient (Wildman–Crippen LogP) is 2.53. The van der Waals surface area contributed by atoms with Crippen molar-refractivity contribution in [1.29, 1.82) is 0 Å². The van der Waals surface area contributed by atoms with Gasteiger partial charge in [-0.25, -0.2) is 22.1 Å². The van der Waals surface area contributed by atoms with Crippen LogP contribution in [-0.4, -0.2) is 80.4 Å². The molecule has 0 aromatic heterocycles. The highest BCUT2D eigenvalue weighted by atomic mass is 32.2. The molecule has 0 aliphatic carbocycles. The van der Waals surface area contributed by atoms with Gasteiger partial charge in [0.1, 0.15) is 5.82 Å². The second kappa shape index (κ2) is 11.1. The maximum Gasteiger partial charge on any atom is 0.419 e. The summed E-state index contributed by atoms with van der Waals surface area (Å²) in [6.07, 6.45) is -3.68. The smallest absolute Gasteiger partial charge is 0.342 e. The summed E-state index contributed by atoms with van der Waals surface area (Å²) >= 11 is 0. The minimum atomic E-state index is -4.78. The minimum absolute atomic E-state index is 0.0162. The van der Waals surface area contributed by atoms with Crippen molar-refractivity contribution in [1.82, 2.24) is 25.2 Å². The molecule has 3 heterocycles. The van der Waals surface area contributed by atoms with Crippen LogP contribution in [0.3, 0.4) is 0 Å². The summed E-state index contributed by atoms with van der Waals surface area (Å²) in [4.78, 5) is 9.26. The third-order valence-electron chi connectivity index (χ3n) is 6.92. The van der Waals surface area contributed by atoms with E-state index in [-0.39, 0.29) is 43.8 Å². The molecule has 1 saturated heterocycles. The number of nitrogens with one attached hydrogen (secondary N) is 3. The first-order valence-corrected chi connectivity index (χ1v) is 14.4. The zero-order valence-corrected chi connectivity index (χ0v) is 22.6. The molecule has 4 rings (SSSR count). The van der Waals surface area contributed by atoms with Crippen molar-refractivity contribution in [2.75, 3.05) is 25.9 Å². The van der Waals surface area contributed by atoms with Gasteiger partial charge >= 0.3 is 6.18 Å². The first kappa shape index (κ1) is 29.4. The monoisotopic (exact) mass is 577 g/mol. The summed E-state index contributed by atoms with van der Waals surface area (Å²) in [6, 6.07) is 3.95. The molecule has 39 heavy (non-hydrogen) atoms. The van der Waals surface area contributed by atoms with Gasteiger partial charge in [-0.3, -0.25) is 10.3 Å². The Morgan fingerprint density at radius 1 is 1.21 bits per heavy atom. The summed E-state index contributed by atoms with van der Waals surface area (Å²) in [7, 11) is -3.39. The predicted molar refractivity (Wildman–Crippen MR) is 137 cm³/mol. The highest BCUT2D eigenvalue weighted by Gasteiger charge is 2.50. The number of sulfonamides is 1. The number of halogens is 5. The number of hydrogen-bond acceptors (Lipinski definition) is 8. The molecule has 1 fully saturated rings. The van der Waals surface area contributed by atoms with Crippen molar-refractivity contribution in [2.24, 2.45) is 9.98 Å². The molecule has 15 heteroatoms. The summed E-state index contributed by atoms with van der Waals surface area (Å²) in [5.74, 6) is -0.755. The number of amidine groups is 1. The molecule has 2 atom stereocenters. The maximum atomic E-state index is 15.6. The molecule has 2 unspecified atom stereocenters. The lowest BCUT2D eigenvalue weighted by atomic mass is 9.91. The number of alkyl halides is 3. The number of hydrogen-bond donors (Lipinski definition) is 3. The molecule has 0 spiro atoms.